The second-order valence-corrected chi connectivity index (χ2v) is 6.30. The maximum absolute atomic E-state index is 12.9. The van der Waals surface area contributed by atoms with E-state index in [1.807, 2.05) is 6.92 Å². The Hall–Kier alpha value is -3.15. The number of rotatable bonds is 4. The summed E-state index contributed by atoms with van der Waals surface area (Å²) in [4.78, 5) is 24.5. The van der Waals surface area contributed by atoms with Gasteiger partial charge < -0.3 is 25.1 Å². The molecule has 3 heterocycles. The minimum Gasteiger partial charge on any atom is -0.384 e. The first-order chi connectivity index (χ1) is 12.9. The number of hydrogen-bond acceptors (Lipinski definition) is 6. The van der Waals surface area contributed by atoms with Crippen molar-refractivity contribution in [1.82, 2.24) is 19.5 Å². The highest BCUT2D eigenvalue weighted by molar-refractivity contribution is 5.86. The summed E-state index contributed by atoms with van der Waals surface area (Å²) in [5.74, 6) is 6.26. The van der Waals surface area contributed by atoms with Crippen LogP contribution in [0.2, 0.25) is 0 Å². The smallest absolute Gasteiger partial charge is 0.204 e. The van der Waals surface area contributed by atoms with E-state index in [1.165, 1.54) is 7.11 Å². The van der Waals surface area contributed by atoms with Crippen LogP contribution >= 0.6 is 0 Å². The number of aliphatic hydroxyl groups is 1. The van der Waals surface area contributed by atoms with E-state index in [0.717, 1.165) is 0 Å². The van der Waals surface area contributed by atoms with Crippen LogP contribution in [0.5, 0.6) is 0 Å². The number of H-pyrrole nitrogens is 1. The maximum atomic E-state index is 12.9. The van der Waals surface area contributed by atoms with E-state index < -0.39 is 5.60 Å². The number of hydrogen-bond donors (Lipinski definition) is 3. The Balaban J connectivity index is 2.20. The summed E-state index contributed by atoms with van der Waals surface area (Å²) < 4.78 is 6.68. The lowest BCUT2D eigenvalue weighted by molar-refractivity contribution is 0.0274. The van der Waals surface area contributed by atoms with Crippen LogP contribution in [-0.2, 0) is 11.3 Å². The van der Waals surface area contributed by atoms with Crippen molar-refractivity contribution in [1.29, 1.82) is 0 Å². The Morgan fingerprint density at radius 3 is 2.85 bits per heavy atom. The van der Waals surface area contributed by atoms with Crippen LogP contribution in [0.1, 0.15) is 19.5 Å². The van der Waals surface area contributed by atoms with Gasteiger partial charge in [0.25, 0.3) is 0 Å². The normalized spacial score (nSPS) is 13.2. The summed E-state index contributed by atoms with van der Waals surface area (Å²) in [6, 6.07) is 3.31. The fourth-order valence-corrected chi connectivity index (χ4v) is 2.87. The highest BCUT2D eigenvalue weighted by atomic mass is 16.5. The molecule has 8 nitrogen and oxygen atoms in total. The molecule has 1 atom stereocenters. The summed E-state index contributed by atoms with van der Waals surface area (Å²) in [6.45, 7) is 4.06. The zero-order chi connectivity index (χ0) is 19.6. The van der Waals surface area contributed by atoms with Gasteiger partial charge in [0.05, 0.1) is 12.0 Å². The van der Waals surface area contributed by atoms with Crippen LogP contribution < -0.4 is 11.2 Å². The molecule has 4 N–H and O–H groups in total. The van der Waals surface area contributed by atoms with Crippen LogP contribution in [0, 0.1) is 11.8 Å². The van der Waals surface area contributed by atoms with Gasteiger partial charge in [0, 0.05) is 26.0 Å². The van der Waals surface area contributed by atoms with Gasteiger partial charge in [0.2, 0.25) is 5.43 Å². The van der Waals surface area contributed by atoms with Gasteiger partial charge in [0.15, 0.2) is 0 Å². The van der Waals surface area contributed by atoms with E-state index in [0.29, 0.717) is 34.7 Å². The molecule has 1 unspecified atom stereocenters. The molecule has 0 aliphatic heterocycles. The Morgan fingerprint density at radius 1 is 1.44 bits per heavy atom. The van der Waals surface area contributed by atoms with Crippen molar-refractivity contribution in [2.45, 2.75) is 26.0 Å². The van der Waals surface area contributed by atoms with Gasteiger partial charge in [-0.05, 0) is 31.9 Å². The minimum absolute atomic E-state index is 0.0761. The highest BCUT2D eigenvalue weighted by Gasteiger charge is 2.19. The molecule has 0 aromatic carbocycles. The number of nitrogen functional groups attached to an aromatic ring is 1. The van der Waals surface area contributed by atoms with Gasteiger partial charge in [-0.15, -0.1) is 0 Å². The van der Waals surface area contributed by atoms with E-state index in [2.05, 4.69) is 26.8 Å². The quantitative estimate of drug-likeness (QED) is 0.595. The van der Waals surface area contributed by atoms with Crippen molar-refractivity contribution >= 4 is 16.9 Å². The number of methoxy groups -OCH3 is 1. The first-order valence-electron chi connectivity index (χ1n) is 8.45. The number of imidazole rings is 1. The fraction of sp³-hybridized carbons (Fsp3) is 0.316. The topological polar surface area (TPSA) is 119 Å². The molecule has 0 bridgehead atoms. The van der Waals surface area contributed by atoms with Crippen molar-refractivity contribution in [3.8, 4) is 23.2 Å². The highest BCUT2D eigenvalue weighted by Crippen LogP contribution is 2.23. The zero-order valence-electron chi connectivity index (χ0n) is 15.4. The number of nitrogens with two attached hydrogens (primary N) is 1. The molecule has 3 aromatic heterocycles. The minimum atomic E-state index is -1.29. The lowest BCUT2D eigenvalue weighted by Crippen LogP contribution is -2.27. The number of fused-ring (bicyclic) bond motifs is 1. The second-order valence-electron chi connectivity index (χ2n) is 6.30. The molecule has 0 saturated heterocycles. The van der Waals surface area contributed by atoms with E-state index in [9.17, 15) is 9.90 Å². The number of aryl methyl sites for hydroxylation is 1. The largest absolute Gasteiger partial charge is 0.384 e. The van der Waals surface area contributed by atoms with Crippen LogP contribution in [0.25, 0.3) is 22.4 Å². The van der Waals surface area contributed by atoms with E-state index in [1.54, 1.807) is 36.0 Å². The Bertz CT molecular complexity index is 1090. The monoisotopic (exact) mass is 367 g/mol. The third-order valence-corrected chi connectivity index (χ3v) is 4.09. The van der Waals surface area contributed by atoms with E-state index in [-0.39, 0.29) is 17.9 Å². The number of aromatic nitrogens is 4. The van der Waals surface area contributed by atoms with E-state index in [4.69, 9.17) is 10.5 Å². The average Bonchev–Trinajstić information content (AvgIpc) is 3.14. The number of ether oxygens (including phenoxy) is 1. The van der Waals surface area contributed by atoms with Crippen molar-refractivity contribution in [2.24, 2.45) is 0 Å². The average molecular weight is 367 g/mol. The van der Waals surface area contributed by atoms with Gasteiger partial charge in [-0.25, -0.2) is 9.97 Å². The van der Waals surface area contributed by atoms with Crippen molar-refractivity contribution < 1.29 is 9.84 Å². The fourth-order valence-electron chi connectivity index (χ4n) is 2.87. The van der Waals surface area contributed by atoms with Crippen molar-refractivity contribution in [2.75, 3.05) is 19.5 Å². The molecule has 27 heavy (non-hydrogen) atoms. The lowest BCUT2D eigenvalue weighted by atomic mass is 10.1. The molecular weight excluding hydrogens is 346 g/mol. The third kappa shape index (κ3) is 3.56. The number of pyridine rings is 2. The first-order valence-corrected chi connectivity index (χ1v) is 8.45. The molecule has 0 amide bonds. The van der Waals surface area contributed by atoms with Crippen LogP contribution in [0.15, 0.2) is 29.3 Å². The van der Waals surface area contributed by atoms with Gasteiger partial charge in [-0.2, -0.15) is 0 Å². The Kier molecular flexibility index (Phi) is 4.99. The lowest BCUT2D eigenvalue weighted by Gasteiger charge is -2.15. The molecule has 0 aliphatic rings. The molecular formula is C19H21N5O3. The molecule has 3 aromatic rings. The van der Waals surface area contributed by atoms with E-state index >= 15 is 0 Å². The molecule has 140 valence electrons. The van der Waals surface area contributed by atoms with Crippen LogP contribution in [0.3, 0.4) is 0 Å². The standard InChI is InChI=1S/C19H21N5O3/c1-4-24-16(20)14(17-21-9-10-22-17)15(25)13-6-5-12(23-18(13)24)7-8-19(2,26)11-27-3/h5-6,9-10,26H,4,11,20H2,1-3H3,(H,21,22). The molecule has 0 fully saturated rings. The maximum Gasteiger partial charge on any atom is 0.204 e. The third-order valence-electron chi connectivity index (χ3n) is 4.09. The SMILES string of the molecule is CCn1c(N)c(-c2ncc[nH]2)c(=O)c2ccc(C#CC(C)(O)COC)nc21. The van der Waals surface area contributed by atoms with Crippen LogP contribution in [0.4, 0.5) is 5.82 Å². The van der Waals surface area contributed by atoms with Gasteiger partial charge in [-0.3, -0.25) is 4.79 Å². The summed E-state index contributed by atoms with van der Waals surface area (Å²) in [5, 5.41) is 10.5. The molecule has 0 radical (unpaired) electrons. The predicted octanol–water partition coefficient (Wildman–Crippen LogP) is 1.14. The number of anilines is 1. The summed E-state index contributed by atoms with van der Waals surface area (Å²) in [5.41, 5.74) is 5.89. The molecule has 0 aliphatic carbocycles. The first kappa shape index (κ1) is 18.6. The Labute approximate surface area is 156 Å². The Morgan fingerprint density at radius 2 is 2.22 bits per heavy atom. The van der Waals surface area contributed by atoms with Gasteiger partial charge in [-0.1, -0.05) is 5.92 Å². The van der Waals surface area contributed by atoms with Gasteiger partial charge >= 0.3 is 0 Å². The predicted molar refractivity (Wildman–Crippen MR) is 103 cm³/mol. The molecule has 8 heteroatoms. The number of nitrogens with one attached hydrogen (secondary N) is 1. The summed E-state index contributed by atoms with van der Waals surface area (Å²) >= 11 is 0. The summed E-state index contributed by atoms with van der Waals surface area (Å²) in [7, 11) is 1.49. The van der Waals surface area contributed by atoms with Crippen molar-refractivity contribution in [3.63, 3.8) is 0 Å². The number of aromatic amines is 1. The van der Waals surface area contributed by atoms with Gasteiger partial charge in [0.1, 0.15) is 34.1 Å². The summed E-state index contributed by atoms with van der Waals surface area (Å²) in [6.07, 6.45) is 3.20. The molecule has 0 saturated carbocycles. The van der Waals surface area contributed by atoms with Crippen LogP contribution in [-0.4, -0.2) is 43.9 Å². The number of nitrogens with zero attached hydrogens (tertiary/aromatic N) is 3. The molecule has 0 spiro atoms. The second kappa shape index (κ2) is 7.23. The molecule has 3 rings (SSSR count). The zero-order valence-corrected chi connectivity index (χ0v) is 15.4. The van der Waals surface area contributed by atoms with Crippen molar-refractivity contribution in [3.05, 3.63) is 40.4 Å².